The average molecular weight is 1080 g/mol. The molecule has 0 aromatic heterocycles. The van der Waals surface area contributed by atoms with E-state index >= 15 is 0 Å². The summed E-state index contributed by atoms with van der Waals surface area (Å²) in [6.07, 6.45) is 11.6. The van der Waals surface area contributed by atoms with E-state index in [0.29, 0.717) is 6.42 Å². The Kier molecular flexibility index (Phi) is 36.8. The molecule has 3 aliphatic rings. The maximum Gasteiger partial charge on any atom is 0.220 e. The van der Waals surface area contributed by atoms with Gasteiger partial charge in [-0.05, 0) is 19.3 Å². The van der Waals surface area contributed by atoms with Crippen LogP contribution in [0.2, 0.25) is 0 Å². The Morgan fingerprint density at radius 3 is 1.35 bits per heavy atom. The predicted octanol–water partition coefficient (Wildman–Crippen LogP) is 4.60. The summed E-state index contributed by atoms with van der Waals surface area (Å²) in [7, 11) is 0. The lowest BCUT2D eigenvalue weighted by Crippen LogP contribution is -2.67. The fraction of sp³-hybridized carbons (Fsp3) is 0.946. The van der Waals surface area contributed by atoms with Crippen molar-refractivity contribution in [2.75, 3.05) is 26.4 Å². The van der Waals surface area contributed by atoms with Gasteiger partial charge in [-0.15, -0.1) is 0 Å². The van der Waals surface area contributed by atoms with Crippen molar-refractivity contribution < 1.29 is 89.4 Å². The molecule has 19 nitrogen and oxygen atoms in total. The van der Waals surface area contributed by atoms with Gasteiger partial charge in [-0.3, -0.25) is 4.79 Å². The molecule has 75 heavy (non-hydrogen) atoms. The highest BCUT2D eigenvalue weighted by Gasteiger charge is 2.54. The number of hydrogen-bond acceptors (Lipinski definition) is 18. The van der Waals surface area contributed by atoms with Crippen LogP contribution in [0.15, 0.2) is 12.2 Å². The first-order valence-corrected chi connectivity index (χ1v) is 29.4. The van der Waals surface area contributed by atoms with Gasteiger partial charge in [0.25, 0.3) is 0 Å². The summed E-state index contributed by atoms with van der Waals surface area (Å²) in [4.78, 5) is 13.3. The highest BCUT2D eigenvalue weighted by atomic mass is 16.8. The quantitative estimate of drug-likeness (QED) is 0.0293. The van der Waals surface area contributed by atoms with Gasteiger partial charge in [-0.25, -0.2) is 0 Å². The molecule has 0 aliphatic carbocycles. The average Bonchev–Trinajstić information content (AvgIpc) is 3.40. The number of amides is 1. The van der Waals surface area contributed by atoms with E-state index in [4.69, 9.17) is 28.4 Å². The molecule has 0 saturated carbocycles. The minimum atomic E-state index is -1.97. The zero-order valence-corrected chi connectivity index (χ0v) is 45.8. The molecule has 0 aromatic carbocycles. The second kappa shape index (κ2) is 40.7. The van der Waals surface area contributed by atoms with E-state index in [0.717, 1.165) is 44.9 Å². The van der Waals surface area contributed by atoms with E-state index in [9.17, 15) is 61.0 Å². The van der Waals surface area contributed by atoms with Gasteiger partial charge in [0.15, 0.2) is 18.9 Å². The highest BCUT2D eigenvalue weighted by molar-refractivity contribution is 5.76. The topological polar surface area (TPSA) is 307 Å². The summed E-state index contributed by atoms with van der Waals surface area (Å²) < 4.78 is 34.2. The summed E-state index contributed by atoms with van der Waals surface area (Å²) in [6.45, 7) is 1.69. The first kappa shape index (κ1) is 67.8. The first-order chi connectivity index (χ1) is 36.3. The largest absolute Gasteiger partial charge is 0.394 e. The van der Waals surface area contributed by atoms with Crippen molar-refractivity contribution in [3.8, 4) is 0 Å². The van der Waals surface area contributed by atoms with Crippen LogP contribution in [0.5, 0.6) is 0 Å². The Balaban J connectivity index is 1.53. The van der Waals surface area contributed by atoms with E-state index < -0.39 is 124 Å². The number of aliphatic hydroxyl groups excluding tert-OH is 11. The zero-order valence-electron chi connectivity index (χ0n) is 45.8. The lowest BCUT2D eigenvalue weighted by Gasteiger charge is -2.48. The predicted molar refractivity (Wildman–Crippen MR) is 282 cm³/mol. The lowest BCUT2D eigenvalue weighted by molar-refractivity contribution is -0.380. The van der Waals surface area contributed by atoms with Crippen LogP contribution in [0.3, 0.4) is 0 Å². The third kappa shape index (κ3) is 25.3. The Labute approximate surface area is 448 Å². The number of ether oxygens (including phenoxy) is 6. The number of aliphatic hydroxyl groups is 11. The van der Waals surface area contributed by atoms with Crippen LogP contribution in [0, 0.1) is 0 Å². The Morgan fingerprint density at radius 2 is 0.867 bits per heavy atom. The fourth-order valence-corrected chi connectivity index (χ4v) is 10.2. The number of carbonyl (C=O) groups is 1. The Morgan fingerprint density at radius 1 is 0.467 bits per heavy atom. The van der Waals surface area contributed by atoms with Crippen molar-refractivity contribution in [3.63, 3.8) is 0 Å². The molecule has 3 saturated heterocycles. The molecule has 3 aliphatic heterocycles. The lowest BCUT2D eigenvalue weighted by atomic mass is 9.96. The van der Waals surface area contributed by atoms with Crippen molar-refractivity contribution in [3.05, 3.63) is 12.2 Å². The minimum Gasteiger partial charge on any atom is -0.394 e. The number of carbonyl (C=O) groups excluding carboxylic acids is 1. The van der Waals surface area contributed by atoms with E-state index in [1.165, 1.54) is 135 Å². The summed E-state index contributed by atoms with van der Waals surface area (Å²) in [5, 5.41) is 120. The number of hydrogen-bond donors (Lipinski definition) is 12. The van der Waals surface area contributed by atoms with Crippen molar-refractivity contribution in [1.29, 1.82) is 0 Å². The molecule has 0 bridgehead atoms. The van der Waals surface area contributed by atoms with Gasteiger partial charge in [-0.1, -0.05) is 193 Å². The Hall–Kier alpha value is -1.47. The fourth-order valence-electron chi connectivity index (χ4n) is 10.2. The molecule has 3 heterocycles. The van der Waals surface area contributed by atoms with Gasteiger partial charge in [-0.2, -0.15) is 0 Å². The van der Waals surface area contributed by atoms with Gasteiger partial charge >= 0.3 is 0 Å². The molecule has 0 spiro atoms. The van der Waals surface area contributed by atoms with Crippen LogP contribution in [0.25, 0.3) is 0 Å². The van der Waals surface area contributed by atoms with Gasteiger partial charge < -0.3 is 89.9 Å². The number of allylic oxidation sites excluding steroid dienone is 1. The second-order valence-corrected chi connectivity index (χ2v) is 21.5. The molecule has 0 aromatic rings. The van der Waals surface area contributed by atoms with Crippen LogP contribution >= 0.6 is 0 Å². The molecular weight excluding hydrogens is 975 g/mol. The molecule has 0 radical (unpaired) electrons. The Bertz CT molecular complexity index is 1430. The van der Waals surface area contributed by atoms with Crippen molar-refractivity contribution in [2.24, 2.45) is 0 Å². The third-order valence-electron chi connectivity index (χ3n) is 15.1. The van der Waals surface area contributed by atoms with Gasteiger partial charge in [0, 0.05) is 6.42 Å². The molecule has 3 fully saturated rings. The summed E-state index contributed by atoms with van der Waals surface area (Å²) in [5.74, 6) is -0.277. The van der Waals surface area contributed by atoms with E-state index in [2.05, 4.69) is 19.2 Å². The highest BCUT2D eigenvalue weighted by Crippen LogP contribution is 2.33. The summed E-state index contributed by atoms with van der Waals surface area (Å²) in [5.41, 5.74) is 0. The van der Waals surface area contributed by atoms with Gasteiger partial charge in [0.1, 0.15) is 73.2 Å². The maximum atomic E-state index is 13.3. The van der Waals surface area contributed by atoms with Crippen LogP contribution in [-0.4, -0.2) is 193 Å². The molecule has 442 valence electrons. The van der Waals surface area contributed by atoms with Crippen molar-refractivity contribution in [2.45, 2.75) is 311 Å². The van der Waals surface area contributed by atoms with E-state index in [1.807, 2.05) is 6.08 Å². The molecule has 6 unspecified atom stereocenters. The SMILES string of the molecule is CCCCCCCCCCCCC/C=C/[C@@H](O)[C@H](CO[C@@H]1OC(CO)[C@@H](O[C@@H]2OC(CO)[C@@H](O)[C@H](O[C@H]3OC(CO)[C@@H](O)[C@H](O)C3O)C2O)[C@H](O)C1O)NC(=O)CCCCCCCCCCCCCCCCCCC. The molecule has 3 rings (SSSR count). The number of rotatable bonds is 43. The number of nitrogens with one attached hydrogen (secondary N) is 1. The standard InChI is InChI=1S/C56H105NO18/c1-3-5-7-9-11-13-15-17-18-19-20-22-24-26-28-30-32-34-44(62)57-39(40(61)33-31-29-27-25-23-21-16-14-12-10-8-6-4-2)38-70-54-50(68)48(66)52(43(37-60)73-54)74-56-51(69)53(46(64)42(36-59)72-56)75-55-49(67)47(65)45(63)41(35-58)71-55/h31,33,39-43,45-56,58-61,63-69H,3-30,32,34-38H2,1-2H3,(H,57,62)/b33-31+/t39-,40+,41?,42?,43?,45+,46+,47-,48+,49?,50?,51?,52+,53-,54+,55+,56-/m0/s1. The molecular formula is C56H105NO18. The summed E-state index contributed by atoms with van der Waals surface area (Å²) in [6, 6.07) is -0.973. The van der Waals surface area contributed by atoms with Gasteiger partial charge in [0.05, 0.1) is 38.6 Å². The maximum absolute atomic E-state index is 13.3. The van der Waals surface area contributed by atoms with Crippen LogP contribution in [-0.2, 0) is 33.2 Å². The molecule has 17 atom stereocenters. The normalized spacial score (nSPS) is 31.2. The van der Waals surface area contributed by atoms with Crippen LogP contribution < -0.4 is 5.32 Å². The van der Waals surface area contributed by atoms with Gasteiger partial charge in [0.2, 0.25) is 5.91 Å². The zero-order chi connectivity index (χ0) is 54.8. The van der Waals surface area contributed by atoms with Crippen LogP contribution in [0.1, 0.15) is 206 Å². The van der Waals surface area contributed by atoms with Crippen molar-refractivity contribution >= 4 is 5.91 Å². The summed E-state index contributed by atoms with van der Waals surface area (Å²) >= 11 is 0. The third-order valence-corrected chi connectivity index (χ3v) is 15.1. The monoisotopic (exact) mass is 1080 g/mol. The van der Waals surface area contributed by atoms with Crippen molar-refractivity contribution in [1.82, 2.24) is 5.32 Å². The smallest absolute Gasteiger partial charge is 0.220 e. The van der Waals surface area contributed by atoms with Crippen LogP contribution in [0.4, 0.5) is 0 Å². The second-order valence-electron chi connectivity index (χ2n) is 21.5. The van der Waals surface area contributed by atoms with E-state index in [1.54, 1.807) is 6.08 Å². The minimum absolute atomic E-state index is 0.245. The number of unbranched alkanes of at least 4 members (excludes halogenated alkanes) is 27. The first-order valence-electron chi connectivity index (χ1n) is 29.4. The molecule has 19 heteroatoms. The van der Waals surface area contributed by atoms with E-state index in [-0.39, 0.29) is 18.9 Å². The molecule has 1 amide bonds. The molecule has 12 N–H and O–H groups in total.